The number of anilines is 1. The summed E-state index contributed by atoms with van der Waals surface area (Å²) in [6, 6.07) is 0. The normalized spacial score (nSPS) is 17.7. The first-order valence-corrected chi connectivity index (χ1v) is 5.13. The average molecular weight is 263 g/mol. The largest absolute Gasteiger partial charge is 0.453 e. The van der Waals surface area contributed by atoms with E-state index in [1.54, 1.807) is 11.6 Å². The molecule has 0 aliphatic carbocycles. The fourth-order valence-electron chi connectivity index (χ4n) is 1.37. The van der Waals surface area contributed by atoms with Gasteiger partial charge in [0.1, 0.15) is 5.01 Å². The Balaban J connectivity index is 0.00000108. The van der Waals surface area contributed by atoms with E-state index in [4.69, 9.17) is 0 Å². The summed E-state index contributed by atoms with van der Waals surface area (Å²) in [5.74, 6) is -1.01. The lowest BCUT2D eigenvalue weighted by molar-refractivity contribution is -0.144. The number of aromatic nitrogens is 4. The van der Waals surface area contributed by atoms with Gasteiger partial charge >= 0.3 is 6.18 Å². The summed E-state index contributed by atoms with van der Waals surface area (Å²) < 4.78 is 38.1. The zero-order valence-electron chi connectivity index (χ0n) is 7.56. The van der Waals surface area contributed by atoms with E-state index in [1.165, 1.54) is 16.0 Å². The Kier molecular flexibility index (Phi) is 2.57. The molecule has 17 heavy (non-hydrogen) atoms. The van der Waals surface area contributed by atoms with Gasteiger partial charge in [0.15, 0.2) is 6.17 Å². The number of fused-ring (bicyclic) bond motifs is 1. The topological polar surface area (TPSA) is 55.6 Å². The molecule has 0 aromatic carbocycles. The SMILES string of the molecule is C.FC(F)(F)c1nc2n(n1)C(c1nccs1)N2. The van der Waals surface area contributed by atoms with Crippen LogP contribution >= 0.6 is 11.3 Å². The molecule has 0 amide bonds. The minimum absolute atomic E-state index is 0. The minimum atomic E-state index is -4.51. The van der Waals surface area contributed by atoms with Crippen molar-refractivity contribution in [1.29, 1.82) is 0 Å². The number of thiazole rings is 1. The quantitative estimate of drug-likeness (QED) is 0.858. The molecule has 92 valence electrons. The van der Waals surface area contributed by atoms with Gasteiger partial charge in [-0.3, -0.25) is 0 Å². The molecule has 2 aromatic heterocycles. The minimum Gasteiger partial charge on any atom is -0.327 e. The lowest BCUT2D eigenvalue weighted by Gasteiger charge is -2.26. The molecule has 1 N–H and O–H groups in total. The van der Waals surface area contributed by atoms with Crippen molar-refractivity contribution in [3.05, 3.63) is 22.4 Å². The molecule has 2 aromatic rings. The van der Waals surface area contributed by atoms with E-state index in [0.29, 0.717) is 5.01 Å². The standard InChI is InChI=1S/C7H4F3N5S.CH4/c8-7(9,10)5-13-6-12-3(15(6)14-5)4-11-1-2-16-4;/h1-3H,(H,12,13,14);1H4. The first kappa shape index (κ1) is 11.8. The summed E-state index contributed by atoms with van der Waals surface area (Å²) in [5.41, 5.74) is 0. The number of halogens is 3. The van der Waals surface area contributed by atoms with Gasteiger partial charge in [0.2, 0.25) is 5.95 Å². The van der Waals surface area contributed by atoms with Gasteiger partial charge in [0.05, 0.1) is 0 Å². The van der Waals surface area contributed by atoms with Crippen molar-refractivity contribution < 1.29 is 13.2 Å². The summed E-state index contributed by atoms with van der Waals surface area (Å²) in [6.07, 6.45) is -3.36. The van der Waals surface area contributed by atoms with E-state index in [0.717, 1.165) is 0 Å². The highest BCUT2D eigenvalue weighted by Crippen LogP contribution is 2.35. The third-order valence-electron chi connectivity index (χ3n) is 2.08. The summed E-state index contributed by atoms with van der Waals surface area (Å²) in [7, 11) is 0. The van der Waals surface area contributed by atoms with Gasteiger partial charge in [-0.2, -0.15) is 18.2 Å². The van der Waals surface area contributed by atoms with Gasteiger partial charge in [0, 0.05) is 11.6 Å². The van der Waals surface area contributed by atoms with Crippen molar-refractivity contribution in [3.63, 3.8) is 0 Å². The number of hydrogen-bond donors (Lipinski definition) is 1. The van der Waals surface area contributed by atoms with Gasteiger partial charge in [-0.1, -0.05) is 7.43 Å². The summed E-state index contributed by atoms with van der Waals surface area (Å²) in [6.45, 7) is 0. The van der Waals surface area contributed by atoms with E-state index in [-0.39, 0.29) is 13.4 Å². The average Bonchev–Trinajstić information content (AvgIpc) is 2.75. The van der Waals surface area contributed by atoms with Crippen LogP contribution in [-0.4, -0.2) is 19.7 Å². The van der Waals surface area contributed by atoms with Crippen molar-refractivity contribution >= 4 is 17.3 Å². The number of nitrogens with zero attached hydrogens (tertiary/aromatic N) is 4. The molecule has 0 saturated carbocycles. The van der Waals surface area contributed by atoms with Crippen molar-refractivity contribution in [2.24, 2.45) is 0 Å². The molecule has 9 heteroatoms. The third kappa shape index (κ3) is 1.75. The first-order valence-electron chi connectivity index (χ1n) is 4.25. The second-order valence-corrected chi connectivity index (χ2v) is 4.04. The maximum atomic E-state index is 12.3. The van der Waals surface area contributed by atoms with Crippen LogP contribution in [0.2, 0.25) is 0 Å². The summed E-state index contributed by atoms with van der Waals surface area (Å²) in [4.78, 5) is 7.32. The Morgan fingerprint density at radius 3 is 2.76 bits per heavy atom. The molecular weight excluding hydrogens is 255 g/mol. The Labute approximate surface area is 98.3 Å². The lowest BCUT2D eigenvalue weighted by atomic mass is 10.4. The predicted octanol–water partition coefficient (Wildman–Crippen LogP) is 2.36. The zero-order chi connectivity index (χ0) is 11.3. The van der Waals surface area contributed by atoms with Crippen LogP contribution in [0.5, 0.6) is 0 Å². The van der Waals surface area contributed by atoms with Gasteiger partial charge < -0.3 is 5.32 Å². The summed E-state index contributed by atoms with van der Waals surface area (Å²) >= 11 is 1.34. The van der Waals surface area contributed by atoms with Gasteiger partial charge in [-0.25, -0.2) is 9.67 Å². The molecule has 0 bridgehead atoms. The molecule has 0 spiro atoms. The van der Waals surface area contributed by atoms with E-state index in [9.17, 15) is 13.2 Å². The van der Waals surface area contributed by atoms with Crippen LogP contribution < -0.4 is 5.32 Å². The molecular formula is C8H8F3N5S. The predicted molar refractivity (Wildman–Crippen MR) is 55.6 cm³/mol. The fourth-order valence-corrected chi connectivity index (χ4v) is 2.05. The number of alkyl halides is 3. The van der Waals surface area contributed by atoms with Crippen LogP contribution in [0.15, 0.2) is 11.6 Å². The highest BCUT2D eigenvalue weighted by molar-refractivity contribution is 7.09. The zero-order valence-corrected chi connectivity index (χ0v) is 8.38. The number of rotatable bonds is 1. The van der Waals surface area contributed by atoms with Gasteiger partial charge in [-0.05, 0) is 0 Å². The van der Waals surface area contributed by atoms with E-state index >= 15 is 0 Å². The Morgan fingerprint density at radius 1 is 1.41 bits per heavy atom. The highest BCUT2D eigenvalue weighted by Gasteiger charge is 2.41. The van der Waals surface area contributed by atoms with Crippen LogP contribution in [0.4, 0.5) is 19.1 Å². The number of hydrogen-bond acceptors (Lipinski definition) is 5. The highest BCUT2D eigenvalue weighted by atomic mass is 32.1. The number of nitrogens with one attached hydrogen (secondary N) is 1. The van der Waals surface area contributed by atoms with Gasteiger partial charge in [0.25, 0.3) is 5.82 Å². The van der Waals surface area contributed by atoms with E-state index in [1.807, 2.05) is 0 Å². The van der Waals surface area contributed by atoms with Crippen molar-refractivity contribution in [3.8, 4) is 0 Å². The first-order chi connectivity index (χ1) is 7.55. The maximum Gasteiger partial charge on any atom is 0.453 e. The molecule has 3 heterocycles. The molecule has 1 aliphatic heterocycles. The molecule has 5 nitrogen and oxygen atoms in total. The second-order valence-electron chi connectivity index (χ2n) is 3.12. The van der Waals surface area contributed by atoms with Crippen molar-refractivity contribution in [2.45, 2.75) is 19.8 Å². The molecule has 0 fully saturated rings. The molecule has 3 rings (SSSR count). The van der Waals surface area contributed by atoms with Crippen molar-refractivity contribution in [1.82, 2.24) is 19.7 Å². The molecule has 0 saturated heterocycles. The van der Waals surface area contributed by atoms with Crippen LogP contribution in [0, 0.1) is 0 Å². The summed E-state index contributed by atoms with van der Waals surface area (Å²) in [5, 5.41) is 8.55. The van der Waals surface area contributed by atoms with Crippen LogP contribution in [0.1, 0.15) is 24.4 Å². The Hall–Kier alpha value is -1.64. The Bertz CT molecular complexity index is 518. The third-order valence-corrected chi connectivity index (χ3v) is 2.91. The maximum absolute atomic E-state index is 12.3. The van der Waals surface area contributed by atoms with Crippen LogP contribution in [0.25, 0.3) is 0 Å². The fraction of sp³-hybridized carbons (Fsp3) is 0.375. The van der Waals surface area contributed by atoms with Crippen LogP contribution in [0.3, 0.4) is 0 Å². The molecule has 1 unspecified atom stereocenters. The van der Waals surface area contributed by atoms with E-state index < -0.39 is 18.2 Å². The monoisotopic (exact) mass is 263 g/mol. The molecule has 0 radical (unpaired) electrons. The van der Waals surface area contributed by atoms with Crippen molar-refractivity contribution in [2.75, 3.05) is 5.32 Å². The molecule has 1 atom stereocenters. The lowest BCUT2D eigenvalue weighted by Crippen LogP contribution is -2.32. The Morgan fingerprint density at radius 2 is 2.18 bits per heavy atom. The second kappa shape index (κ2) is 3.69. The molecule has 1 aliphatic rings. The smallest absolute Gasteiger partial charge is 0.327 e. The van der Waals surface area contributed by atoms with E-state index in [2.05, 4.69) is 20.4 Å². The van der Waals surface area contributed by atoms with Crippen LogP contribution in [-0.2, 0) is 6.18 Å². The van der Waals surface area contributed by atoms with Gasteiger partial charge in [-0.15, -0.1) is 16.4 Å².